The third-order valence-corrected chi connectivity index (χ3v) is 4.00. The van der Waals surface area contributed by atoms with Crippen LogP contribution in [0.3, 0.4) is 0 Å². The van der Waals surface area contributed by atoms with Crippen LogP contribution in [-0.4, -0.2) is 36.5 Å². The second-order valence-corrected chi connectivity index (χ2v) is 5.86. The third kappa shape index (κ3) is 4.49. The predicted molar refractivity (Wildman–Crippen MR) is 97.5 cm³/mol. The van der Waals surface area contributed by atoms with Crippen LogP contribution in [0.4, 0.5) is 0 Å². The summed E-state index contributed by atoms with van der Waals surface area (Å²) in [5, 5.41) is 3.36. The van der Waals surface area contributed by atoms with Gasteiger partial charge in [-0.1, -0.05) is 48.5 Å². The average molecular weight is 347 g/mol. The lowest BCUT2D eigenvalue weighted by atomic mass is 10.1. The molecule has 1 N–H and O–H groups in total. The van der Waals surface area contributed by atoms with Crippen LogP contribution >= 0.6 is 12.4 Å². The van der Waals surface area contributed by atoms with E-state index in [-0.39, 0.29) is 18.3 Å². The first-order valence-electron chi connectivity index (χ1n) is 8.03. The van der Waals surface area contributed by atoms with E-state index in [0.717, 1.165) is 12.1 Å². The van der Waals surface area contributed by atoms with E-state index in [1.54, 1.807) is 0 Å². The molecule has 4 nitrogen and oxygen atoms in total. The van der Waals surface area contributed by atoms with Gasteiger partial charge in [-0.2, -0.15) is 0 Å². The summed E-state index contributed by atoms with van der Waals surface area (Å²) in [6.45, 7) is 4.33. The third-order valence-electron chi connectivity index (χ3n) is 4.00. The topological polar surface area (TPSA) is 41.6 Å². The summed E-state index contributed by atoms with van der Waals surface area (Å²) in [6, 6.07) is 19.5. The van der Waals surface area contributed by atoms with E-state index in [2.05, 4.69) is 12.2 Å². The van der Waals surface area contributed by atoms with Crippen LogP contribution in [0.15, 0.2) is 60.7 Å². The molecule has 3 rings (SSSR count). The van der Waals surface area contributed by atoms with Crippen LogP contribution in [0.2, 0.25) is 0 Å². The molecule has 2 atom stereocenters. The predicted octanol–water partition coefficient (Wildman–Crippen LogP) is 3.05. The molecule has 1 heterocycles. The highest BCUT2D eigenvalue weighted by molar-refractivity contribution is 5.85. The van der Waals surface area contributed by atoms with Gasteiger partial charge in [0.15, 0.2) is 0 Å². The molecule has 2 aromatic rings. The molecule has 128 valence electrons. The highest BCUT2D eigenvalue weighted by Crippen LogP contribution is 2.24. The molecule has 2 aromatic carbocycles. The second kappa shape index (κ2) is 8.71. The molecule has 0 bridgehead atoms. The summed E-state index contributed by atoms with van der Waals surface area (Å²) in [6.07, 6.45) is -0.608. The number of carbonyl (C=O) groups excluding carboxylic acids is 1. The first-order chi connectivity index (χ1) is 11.2. The molecule has 0 aromatic heterocycles. The summed E-state index contributed by atoms with van der Waals surface area (Å²) in [5.74, 6) is 0.728. The molecular weight excluding hydrogens is 324 g/mol. The number of ether oxygens (including phenoxy) is 1. The maximum atomic E-state index is 13.0. The van der Waals surface area contributed by atoms with Crippen molar-refractivity contribution >= 4 is 18.3 Å². The summed E-state index contributed by atoms with van der Waals surface area (Å²) in [5.41, 5.74) is 0.882. The molecule has 0 saturated carbocycles. The fourth-order valence-electron chi connectivity index (χ4n) is 2.82. The molecule has 1 aliphatic rings. The quantitative estimate of drug-likeness (QED) is 0.925. The van der Waals surface area contributed by atoms with Gasteiger partial charge < -0.3 is 15.0 Å². The minimum absolute atomic E-state index is 0. The van der Waals surface area contributed by atoms with Crippen molar-refractivity contribution in [3.63, 3.8) is 0 Å². The smallest absolute Gasteiger partial charge is 0.268 e. The number of amides is 1. The lowest BCUT2D eigenvalue weighted by molar-refractivity contribution is -0.140. The SMILES string of the molecule is CC1CN(C(=O)C(Oc2ccccc2)c2ccccc2)CCN1.Cl. The molecule has 2 unspecified atom stereocenters. The van der Waals surface area contributed by atoms with E-state index in [1.807, 2.05) is 65.6 Å². The Morgan fingerprint density at radius 2 is 1.75 bits per heavy atom. The largest absolute Gasteiger partial charge is 0.476 e. The van der Waals surface area contributed by atoms with Gasteiger partial charge in [-0.25, -0.2) is 0 Å². The second-order valence-electron chi connectivity index (χ2n) is 5.86. The molecule has 24 heavy (non-hydrogen) atoms. The monoisotopic (exact) mass is 346 g/mol. The number of hydrogen-bond donors (Lipinski definition) is 1. The van der Waals surface area contributed by atoms with Crippen molar-refractivity contribution < 1.29 is 9.53 Å². The maximum absolute atomic E-state index is 13.0. The number of piperazine rings is 1. The van der Waals surface area contributed by atoms with Crippen LogP contribution < -0.4 is 10.1 Å². The minimum Gasteiger partial charge on any atom is -0.476 e. The lowest BCUT2D eigenvalue weighted by Crippen LogP contribution is -2.53. The summed E-state index contributed by atoms with van der Waals surface area (Å²) >= 11 is 0. The molecule has 1 amide bonds. The Labute approximate surface area is 149 Å². The fraction of sp³-hybridized carbons (Fsp3) is 0.316. The van der Waals surface area contributed by atoms with Crippen molar-refractivity contribution in [2.45, 2.75) is 19.1 Å². The van der Waals surface area contributed by atoms with Crippen LogP contribution in [0.5, 0.6) is 5.75 Å². The van der Waals surface area contributed by atoms with Gasteiger partial charge >= 0.3 is 0 Å². The first-order valence-corrected chi connectivity index (χ1v) is 8.03. The van der Waals surface area contributed by atoms with Crippen LogP contribution in [0.25, 0.3) is 0 Å². The van der Waals surface area contributed by atoms with Crippen molar-refractivity contribution in [2.75, 3.05) is 19.6 Å². The number of para-hydroxylation sites is 1. The number of hydrogen-bond acceptors (Lipinski definition) is 3. The van der Waals surface area contributed by atoms with Crippen molar-refractivity contribution in [1.82, 2.24) is 10.2 Å². The molecule has 5 heteroatoms. The van der Waals surface area contributed by atoms with Gasteiger partial charge in [0.1, 0.15) is 5.75 Å². The van der Waals surface area contributed by atoms with E-state index in [4.69, 9.17) is 4.74 Å². The van der Waals surface area contributed by atoms with Crippen molar-refractivity contribution in [1.29, 1.82) is 0 Å². The molecular formula is C19H23ClN2O2. The van der Waals surface area contributed by atoms with E-state index in [9.17, 15) is 4.79 Å². The van der Waals surface area contributed by atoms with E-state index >= 15 is 0 Å². The molecule has 1 saturated heterocycles. The molecule has 1 fully saturated rings. The summed E-state index contributed by atoms with van der Waals surface area (Å²) in [4.78, 5) is 14.9. The van der Waals surface area contributed by atoms with Gasteiger partial charge in [-0.05, 0) is 19.1 Å². The van der Waals surface area contributed by atoms with Gasteiger partial charge in [0, 0.05) is 31.2 Å². The van der Waals surface area contributed by atoms with Crippen molar-refractivity contribution in [3.05, 3.63) is 66.2 Å². The number of benzene rings is 2. The zero-order valence-corrected chi connectivity index (χ0v) is 14.5. The normalized spacial score (nSPS) is 18.4. The summed E-state index contributed by atoms with van der Waals surface area (Å²) in [7, 11) is 0. The Kier molecular flexibility index (Phi) is 6.64. The lowest BCUT2D eigenvalue weighted by Gasteiger charge is -2.34. The van der Waals surface area contributed by atoms with Gasteiger partial charge in [0.05, 0.1) is 0 Å². The Bertz CT molecular complexity index is 636. The van der Waals surface area contributed by atoms with E-state index in [0.29, 0.717) is 24.9 Å². The van der Waals surface area contributed by atoms with Gasteiger partial charge in [0.25, 0.3) is 5.91 Å². The van der Waals surface area contributed by atoms with Gasteiger partial charge in [-0.15, -0.1) is 12.4 Å². The number of nitrogens with one attached hydrogen (secondary N) is 1. The summed E-state index contributed by atoms with van der Waals surface area (Å²) < 4.78 is 6.04. The van der Waals surface area contributed by atoms with Crippen molar-refractivity contribution in [3.8, 4) is 5.75 Å². The minimum atomic E-state index is -0.608. The number of rotatable bonds is 4. The van der Waals surface area contributed by atoms with Gasteiger partial charge in [-0.3, -0.25) is 4.79 Å². The highest BCUT2D eigenvalue weighted by atomic mass is 35.5. The Balaban J connectivity index is 0.00000208. The van der Waals surface area contributed by atoms with Crippen LogP contribution in [-0.2, 0) is 4.79 Å². The Hall–Kier alpha value is -2.04. The average Bonchev–Trinajstić information content (AvgIpc) is 2.61. The molecule has 1 aliphatic heterocycles. The molecule has 0 aliphatic carbocycles. The highest BCUT2D eigenvalue weighted by Gasteiger charge is 2.30. The molecule has 0 radical (unpaired) electrons. The fourth-order valence-corrected chi connectivity index (χ4v) is 2.82. The van der Waals surface area contributed by atoms with E-state index in [1.165, 1.54) is 0 Å². The van der Waals surface area contributed by atoms with Crippen molar-refractivity contribution in [2.24, 2.45) is 0 Å². The Morgan fingerprint density at radius 1 is 1.12 bits per heavy atom. The van der Waals surface area contributed by atoms with Crippen LogP contribution in [0, 0.1) is 0 Å². The standard InChI is InChI=1S/C19H22N2O2.ClH/c1-15-14-21(13-12-20-15)19(22)18(16-8-4-2-5-9-16)23-17-10-6-3-7-11-17;/h2-11,15,18,20H,12-14H2,1H3;1H. The zero-order valence-electron chi connectivity index (χ0n) is 13.7. The Morgan fingerprint density at radius 3 is 2.38 bits per heavy atom. The molecule has 0 spiro atoms. The number of carbonyl (C=O) groups is 1. The maximum Gasteiger partial charge on any atom is 0.268 e. The number of nitrogens with zero attached hydrogens (tertiary/aromatic N) is 1. The number of halogens is 1. The van der Waals surface area contributed by atoms with E-state index < -0.39 is 6.10 Å². The van der Waals surface area contributed by atoms with Crippen LogP contribution in [0.1, 0.15) is 18.6 Å². The zero-order chi connectivity index (χ0) is 16.1. The van der Waals surface area contributed by atoms with Gasteiger partial charge in [0.2, 0.25) is 6.10 Å². The first kappa shape index (κ1) is 18.3.